The lowest BCUT2D eigenvalue weighted by Gasteiger charge is -2.18. The minimum absolute atomic E-state index is 0.851. The van der Waals surface area contributed by atoms with E-state index in [1.54, 1.807) is 0 Å². The molecule has 18 aromatic rings. The Kier molecular flexibility index (Phi) is 11.3. The lowest BCUT2D eigenvalue weighted by molar-refractivity contribution is 0.669. The largest absolute Gasteiger partial charge is 0.456 e. The fraction of sp³-hybridized carbons (Fsp3) is 0. The van der Waals surface area contributed by atoms with Gasteiger partial charge in [-0.1, -0.05) is 267 Å². The van der Waals surface area contributed by atoms with Gasteiger partial charge in [-0.15, -0.1) is 0 Å². The second-order valence-electron chi connectivity index (χ2n) is 23.4. The molecule has 0 saturated carbocycles. The molecule has 0 fully saturated rings. The van der Waals surface area contributed by atoms with Crippen LogP contribution in [-0.4, -0.2) is 0 Å². The quantitative estimate of drug-likeness (QED) is 0.142. The van der Waals surface area contributed by atoms with Crippen molar-refractivity contribution in [2.45, 2.75) is 0 Å². The molecule has 0 bridgehead atoms. The molecule has 0 radical (unpaired) electrons. The summed E-state index contributed by atoms with van der Waals surface area (Å²) in [6, 6.07) is 115. The van der Waals surface area contributed by atoms with E-state index in [1.807, 2.05) is 0 Å². The lowest BCUT2D eigenvalue weighted by Crippen LogP contribution is -1.91. The smallest absolute Gasteiger partial charge is 0.143 e. The van der Waals surface area contributed by atoms with Gasteiger partial charge < -0.3 is 8.83 Å². The number of hydrogen-bond acceptors (Lipinski definition) is 2. The van der Waals surface area contributed by atoms with Crippen molar-refractivity contribution >= 4 is 97.7 Å². The summed E-state index contributed by atoms with van der Waals surface area (Å²) in [5.41, 5.74) is 22.3. The zero-order chi connectivity index (χ0) is 57.8. The molecule has 0 aliphatic carbocycles. The zero-order valence-corrected chi connectivity index (χ0v) is 47.8. The normalized spacial score (nSPS) is 11.9. The van der Waals surface area contributed by atoms with E-state index in [2.05, 4.69) is 315 Å². The fourth-order valence-corrected chi connectivity index (χ4v) is 14.3. The van der Waals surface area contributed by atoms with E-state index in [4.69, 9.17) is 8.83 Å². The van der Waals surface area contributed by atoms with Crippen LogP contribution in [0.4, 0.5) is 0 Å². The van der Waals surface area contributed by atoms with Crippen LogP contribution in [0, 0.1) is 0 Å². The van der Waals surface area contributed by atoms with Crippen LogP contribution in [-0.2, 0) is 0 Å². The molecule has 0 spiro atoms. The summed E-state index contributed by atoms with van der Waals surface area (Å²) >= 11 is 0. The average Bonchev–Trinajstić information content (AvgIpc) is 1.34. The Labute approximate surface area is 508 Å². The maximum Gasteiger partial charge on any atom is 0.143 e. The van der Waals surface area contributed by atoms with Gasteiger partial charge in [0.2, 0.25) is 0 Å². The maximum atomic E-state index is 7.12. The van der Waals surface area contributed by atoms with Crippen LogP contribution < -0.4 is 0 Å². The van der Waals surface area contributed by atoms with Crippen molar-refractivity contribution < 1.29 is 8.83 Å². The maximum absolute atomic E-state index is 7.12. The van der Waals surface area contributed by atoms with Gasteiger partial charge in [-0.05, 0) is 180 Å². The second kappa shape index (κ2) is 20.0. The standard InChI is InChI=1S/C86H52O2/c1-2-16-53(17-3-1)55-32-37-57(38-33-55)82-67-22-6-8-24-69(67)83(70-25-9-7-23-68(70)82)58-39-34-56(35-40-58)62-43-46-79-77(50-62)78-51-63(44-47-80(78)87-79)64-42-45-66-75-30-15-31-76(86(75)88-81(66)52-64)85-73-28-12-10-26-71(73)84(72-27-11-13-29-74(72)85)65-21-14-20-60(49-65)61-41-36-54-18-4-5-19-59(54)48-61/h1-52H. The van der Waals surface area contributed by atoms with E-state index in [1.165, 1.54) is 115 Å². The van der Waals surface area contributed by atoms with E-state index in [0.717, 1.165) is 71.7 Å². The van der Waals surface area contributed by atoms with Gasteiger partial charge in [0, 0.05) is 32.7 Å². The van der Waals surface area contributed by atoms with Crippen molar-refractivity contribution in [1.29, 1.82) is 0 Å². The van der Waals surface area contributed by atoms with Crippen molar-refractivity contribution in [3.63, 3.8) is 0 Å². The fourth-order valence-electron chi connectivity index (χ4n) is 14.3. The van der Waals surface area contributed by atoms with Crippen LogP contribution >= 0.6 is 0 Å². The van der Waals surface area contributed by atoms with Crippen molar-refractivity contribution in [3.8, 4) is 89.0 Å². The number of rotatable bonds is 8. The van der Waals surface area contributed by atoms with Gasteiger partial charge in [0.1, 0.15) is 22.3 Å². The Hall–Kier alpha value is -11.6. The first kappa shape index (κ1) is 49.8. The molecule has 0 aliphatic heterocycles. The van der Waals surface area contributed by atoms with Crippen molar-refractivity contribution in [3.05, 3.63) is 315 Å². The third-order valence-electron chi connectivity index (χ3n) is 18.5. The van der Waals surface area contributed by atoms with Crippen LogP contribution in [0.2, 0.25) is 0 Å². The molecule has 88 heavy (non-hydrogen) atoms. The highest BCUT2D eigenvalue weighted by Gasteiger charge is 2.22. The van der Waals surface area contributed by atoms with E-state index in [0.29, 0.717) is 0 Å². The van der Waals surface area contributed by atoms with E-state index < -0.39 is 0 Å². The Morgan fingerprint density at radius 2 is 0.534 bits per heavy atom. The first-order valence-electron chi connectivity index (χ1n) is 30.3. The third-order valence-corrected chi connectivity index (χ3v) is 18.5. The SMILES string of the molecule is c1ccc(-c2ccc(-c3c4ccccc4c(-c4ccc(-c5ccc6oc7ccc(-c8ccc9c(c8)oc8c(-c%10c%11ccccc%11c(-c%11cccc(-c%12ccc%13ccccc%13c%12)c%11)c%11ccccc%10%11)cccc89)cc7c6c5)cc4)c4ccccc34)cc2)cc1. The summed E-state index contributed by atoms with van der Waals surface area (Å²) in [5.74, 6) is 0. The average molecular weight is 1120 g/mol. The summed E-state index contributed by atoms with van der Waals surface area (Å²) in [5, 5.41) is 16.6. The van der Waals surface area contributed by atoms with Gasteiger partial charge in [0.05, 0.1) is 0 Å². The molecule has 2 aromatic heterocycles. The molecule has 16 aromatic carbocycles. The van der Waals surface area contributed by atoms with Crippen LogP contribution in [0.15, 0.2) is 324 Å². The Morgan fingerprint density at radius 3 is 1.12 bits per heavy atom. The van der Waals surface area contributed by atoms with Crippen LogP contribution in [0.3, 0.4) is 0 Å². The predicted molar refractivity (Wildman–Crippen MR) is 372 cm³/mol. The molecule has 0 aliphatic rings. The van der Waals surface area contributed by atoms with Gasteiger partial charge >= 0.3 is 0 Å². The van der Waals surface area contributed by atoms with Gasteiger partial charge in [0.15, 0.2) is 0 Å². The van der Waals surface area contributed by atoms with Gasteiger partial charge in [-0.25, -0.2) is 0 Å². The number of benzene rings is 16. The van der Waals surface area contributed by atoms with E-state index >= 15 is 0 Å². The summed E-state index contributed by atoms with van der Waals surface area (Å²) in [6.45, 7) is 0. The molecule has 0 atom stereocenters. The third kappa shape index (κ3) is 8.04. The van der Waals surface area contributed by atoms with E-state index in [-0.39, 0.29) is 0 Å². The molecule has 2 heterocycles. The van der Waals surface area contributed by atoms with Crippen LogP contribution in [0.1, 0.15) is 0 Å². The molecule has 0 N–H and O–H groups in total. The van der Waals surface area contributed by atoms with Crippen LogP contribution in [0.25, 0.3) is 187 Å². The molecule has 0 saturated heterocycles. The number of para-hydroxylation sites is 1. The van der Waals surface area contributed by atoms with Gasteiger partial charge in [0.25, 0.3) is 0 Å². The number of furan rings is 2. The Balaban J connectivity index is 0.690. The molecular weight excluding hydrogens is 1060 g/mol. The summed E-state index contributed by atoms with van der Waals surface area (Å²) in [7, 11) is 0. The minimum atomic E-state index is 0.851. The number of hydrogen-bond donors (Lipinski definition) is 0. The predicted octanol–water partition coefficient (Wildman–Crippen LogP) is 24.6. The van der Waals surface area contributed by atoms with Crippen molar-refractivity contribution in [2.75, 3.05) is 0 Å². The topological polar surface area (TPSA) is 26.3 Å². The van der Waals surface area contributed by atoms with Gasteiger partial charge in [-0.3, -0.25) is 0 Å². The molecule has 0 unspecified atom stereocenters. The zero-order valence-electron chi connectivity index (χ0n) is 47.8. The molecule has 18 rings (SSSR count). The molecule has 408 valence electrons. The highest BCUT2D eigenvalue weighted by atomic mass is 16.3. The molecular formula is C86H52O2. The molecule has 2 nitrogen and oxygen atoms in total. The van der Waals surface area contributed by atoms with Crippen molar-refractivity contribution in [2.24, 2.45) is 0 Å². The summed E-state index contributed by atoms with van der Waals surface area (Å²) in [6.07, 6.45) is 0. The minimum Gasteiger partial charge on any atom is -0.456 e. The van der Waals surface area contributed by atoms with E-state index in [9.17, 15) is 0 Å². The van der Waals surface area contributed by atoms with Gasteiger partial charge in [-0.2, -0.15) is 0 Å². The summed E-state index contributed by atoms with van der Waals surface area (Å²) in [4.78, 5) is 0. The van der Waals surface area contributed by atoms with Crippen molar-refractivity contribution in [1.82, 2.24) is 0 Å². The number of fused-ring (bicyclic) bond motifs is 11. The first-order valence-corrected chi connectivity index (χ1v) is 30.3. The Bertz CT molecular complexity index is 5730. The summed E-state index contributed by atoms with van der Waals surface area (Å²) < 4.78 is 13.7. The monoisotopic (exact) mass is 1120 g/mol. The lowest BCUT2D eigenvalue weighted by atomic mass is 9.85. The molecule has 0 amide bonds. The first-order chi connectivity index (χ1) is 43.6. The Morgan fingerprint density at radius 1 is 0.159 bits per heavy atom. The van der Waals surface area contributed by atoms with Crippen LogP contribution in [0.5, 0.6) is 0 Å². The highest BCUT2D eigenvalue weighted by Crippen LogP contribution is 2.49. The second-order valence-corrected chi connectivity index (χ2v) is 23.4. The highest BCUT2D eigenvalue weighted by molar-refractivity contribution is 6.25. The molecule has 2 heteroatoms.